The highest BCUT2D eigenvalue weighted by atomic mass is 32.2. The molecule has 0 unspecified atom stereocenters. The van der Waals surface area contributed by atoms with Crippen LogP contribution in [0, 0.1) is 0 Å². The zero-order valence-electron chi connectivity index (χ0n) is 12.9. The maximum absolute atomic E-state index is 12.7. The van der Waals surface area contributed by atoms with Gasteiger partial charge in [0.2, 0.25) is 10.0 Å². The van der Waals surface area contributed by atoms with Gasteiger partial charge in [0.1, 0.15) is 11.2 Å². The van der Waals surface area contributed by atoms with Gasteiger partial charge in [0.05, 0.1) is 10.9 Å². The molecule has 0 spiro atoms. The van der Waals surface area contributed by atoms with Crippen LogP contribution in [0.1, 0.15) is 17.8 Å². The van der Waals surface area contributed by atoms with Crippen molar-refractivity contribution in [3.05, 3.63) is 64.9 Å². The molecule has 0 saturated heterocycles. The van der Waals surface area contributed by atoms with Crippen LogP contribution >= 0.6 is 11.3 Å². The number of rotatable bonds is 4. The Hall–Kier alpha value is -2.15. The smallest absolute Gasteiger partial charge is 0.241 e. The van der Waals surface area contributed by atoms with E-state index < -0.39 is 10.0 Å². The van der Waals surface area contributed by atoms with Crippen LogP contribution in [0.4, 0.5) is 0 Å². The van der Waals surface area contributed by atoms with E-state index in [9.17, 15) is 8.42 Å². The van der Waals surface area contributed by atoms with Gasteiger partial charge in [0.15, 0.2) is 0 Å². The summed E-state index contributed by atoms with van der Waals surface area (Å²) in [6, 6.07) is 16.1. The Bertz CT molecular complexity index is 1110. The molecule has 0 bridgehead atoms. The molecule has 4 rings (SSSR count). The van der Waals surface area contributed by atoms with Crippen LogP contribution in [0.5, 0.6) is 0 Å². The summed E-state index contributed by atoms with van der Waals surface area (Å²) >= 11 is 1.53. The molecule has 0 aliphatic carbocycles. The lowest BCUT2D eigenvalue weighted by atomic mass is 10.1. The third-order valence-corrected chi connectivity index (χ3v) is 6.55. The number of nitrogens with one attached hydrogen (secondary N) is 1. The molecular weight excluding hydrogens is 342 g/mol. The number of sulfonamides is 1. The fourth-order valence-electron chi connectivity index (χ4n) is 2.77. The average Bonchev–Trinajstić information content (AvgIpc) is 3.21. The molecule has 6 heteroatoms. The first-order valence-corrected chi connectivity index (χ1v) is 9.88. The summed E-state index contributed by atoms with van der Waals surface area (Å²) in [5.74, 6) is 0. The Morgan fingerprint density at radius 2 is 1.79 bits per heavy atom. The molecule has 0 aliphatic rings. The second-order valence-electron chi connectivity index (χ2n) is 5.61. The highest BCUT2D eigenvalue weighted by molar-refractivity contribution is 7.89. The molecule has 4 aromatic rings. The fourth-order valence-corrected chi connectivity index (χ4v) is 4.83. The Morgan fingerprint density at radius 3 is 2.58 bits per heavy atom. The van der Waals surface area contributed by atoms with Gasteiger partial charge in [-0.25, -0.2) is 13.1 Å². The summed E-state index contributed by atoms with van der Waals surface area (Å²) in [4.78, 5) is 1.22. The van der Waals surface area contributed by atoms with Crippen molar-refractivity contribution < 1.29 is 12.8 Å². The van der Waals surface area contributed by atoms with Gasteiger partial charge in [-0.05, 0) is 42.6 Å². The average molecular weight is 357 g/mol. The molecule has 0 aliphatic heterocycles. The first kappa shape index (κ1) is 15.4. The minimum Gasteiger partial charge on any atom is -0.456 e. The van der Waals surface area contributed by atoms with Gasteiger partial charge in [-0.1, -0.05) is 24.3 Å². The number of benzene rings is 2. The van der Waals surface area contributed by atoms with Crippen molar-refractivity contribution >= 4 is 43.3 Å². The molecule has 122 valence electrons. The van der Waals surface area contributed by atoms with E-state index in [1.807, 2.05) is 48.7 Å². The lowest BCUT2D eigenvalue weighted by molar-refractivity contribution is 0.568. The Labute approximate surface area is 143 Å². The van der Waals surface area contributed by atoms with E-state index in [1.54, 1.807) is 18.2 Å². The summed E-state index contributed by atoms with van der Waals surface area (Å²) in [6.45, 7) is 1.84. The molecule has 1 atom stereocenters. The largest absolute Gasteiger partial charge is 0.456 e. The second kappa shape index (κ2) is 5.73. The van der Waals surface area contributed by atoms with Crippen LogP contribution in [-0.4, -0.2) is 8.42 Å². The van der Waals surface area contributed by atoms with Crippen molar-refractivity contribution in [2.24, 2.45) is 0 Å². The van der Waals surface area contributed by atoms with Crippen molar-refractivity contribution in [2.75, 3.05) is 0 Å². The van der Waals surface area contributed by atoms with Gasteiger partial charge in [-0.15, -0.1) is 11.3 Å². The quantitative estimate of drug-likeness (QED) is 0.576. The van der Waals surface area contributed by atoms with E-state index >= 15 is 0 Å². The highest BCUT2D eigenvalue weighted by Crippen LogP contribution is 2.30. The van der Waals surface area contributed by atoms with Crippen LogP contribution in [0.2, 0.25) is 0 Å². The normalized spacial score (nSPS) is 13.5. The Kier molecular flexibility index (Phi) is 3.68. The monoisotopic (exact) mass is 357 g/mol. The zero-order valence-corrected chi connectivity index (χ0v) is 14.5. The van der Waals surface area contributed by atoms with E-state index in [4.69, 9.17) is 4.42 Å². The molecule has 24 heavy (non-hydrogen) atoms. The lowest BCUT2D eigenvalue weighted by Crippen LogP contribution is -2.26. The van der Waals surface area contributed by atoms with Crippen molar-refractivity contribution in [3.63, 3.8) is 0 Å². The van der Waals surface area contributed by atoms with Crippen LogP contribution in [0.15, 0.2) is 69.3 Å². The van der Waals surface area contributed by atoms with E-state index in [-0.39, 0.29) is 10.9 Å². The predicted molar refractivity (Wildman–Crippen MR) is 96.8 cm³/mol. The number of hydrogen-bond donors (Lipinski definition) is 1. The van der Waals surface area contributed by atoms with Gasteiger partial charge in [-0.2, -0.15) is 0 Å². The van der Waals surface area contributed by atoms with Crippen LogP contribution in [0.3, 0.4) is 0 Å². The maximum atomic E-state index is 12.7. The summed E-state index contributed by atoms with van der Waals surface area (Å²) in [7, 11) is -3.61. The standard InChI is InChI=1S/C18H15NO3S2/c1-12(18-7-4-10-23-18)19-24(20,21)13-8-9-17-15(11-13)14-5-2-3-6-16(14)22-17/h2-12,19H,1H3/t12-/m1/s1. The first-order valence-electron chi connectivity index (χ1n) is 7.52. The summed E-state index contributed by atoms with van der Waals surface area (Å²) in [5.41, 5.74) is 1.43. The maximum Gasteiger partial charge on any atom is 0.241 e. The fraction of sp³-hybridized carbons (Fsp3) is 0.111. The number of furan rings is 1. The minimum absolute atomic E-state index is 0.241. The summed E-state index contributed by atoms with van der Waals surface area (Å²) < 4.78 is 33.9. The van der Waals surface area contributed by atoms with E-state index in [0.29, 0.717) is 5.58 Å². The number of thiophene rings is 1. The molecule has 0 fully saturated rings. The topological polar surface area (TPSA) is 59.3 Å². The molecule has 1 N–H and O–H groups in total. The van der Waals surface area contributed by atoms with E-state index in [0.717, 1.165) is 21.2 Å². The minimum atomic E-state index is -3.61. The molecule has 0 radical (unpaired) electrons. The summed E-state index contributed by atoms with van der Waals surface area (Å²) in [6.07, 6.45) is 0. The van der Waals surface area contributed by atoms with Crippen LogP contribution in [-0.2, 0) is 10.0 Å². The van der Waals surface area contributed by atoms with Gasteiger partial charge >= 0.3 is 0 Å². The van der Waals surface area contributed by atoms with Crippen molar-refractivity contribution in [2.45, 2.75) is 17.9 Å². The van der Waals surface area contributed by atoms with Gasteiger partial charge < -0.3 is 4.42 Å². The van der Waals surface area contributed by atoms with Gasteiger partial charge in [0.25, 0.3) is 0 Å². The molecule has 0 amide bonds. The third-order valence-electron chi connectivity index (χ3n) is 3.96. The molecule has 4 nitrogen and oxygen atoms in total. The number of hydrogen-bond acceptors (Lipinski definition) is 4. The molecular formula is C18H15NO3S2. The Balaban J connectivity index is 1.76. The number of fused-ring (bicyclic) bond motifs is 3. The molecule has 0 saturated carbocycles. The SMILES string of the molecule is C[C@@H](NS(=O)(=O)c1ccc2oc3ccccc3c2c1)c1cccs1. The highest BCUT2D eigenvalue weighted by Gasteiger charge is 2.20. The molecule has 2 aromatic carbocycles. The second-order valence-corrected chi connectivity index (χ2v) is 8.31. The Morgan fingerprint density at radius 1 is 1.00 bits per heavy atom. The van der Waals surface area contributed by atoms with Crippen molar-refractivity contribution in [3.8, 4) is 0 Å². The summed E-state index contributed by atoms with van der Waals surface area (Å²) in [5, 5.41) is 3.65. The van der Waals surface area contributed by atoms with E-state index in [2.05, 4.69) is 4.72 Å². The van der Waals surface area contributed by atoms with Crippen molar-refractivity contribution in [1.82, 2.24) is 4.72 Å². The predicted octanol–water partition coefficient (Wildman–Crippen LogP) is 4.69. The number of para-hydroxylation sites is 1. The van der Waals surface area contributed by atoms with Gasteiger partial charge in [0, 0.05) is 15.6 Å². The lowest BCUT2D eigenvalue weighted by Gasteiger charge is -2.12. The molecule has 2 heterocycles. The molecule has 2 aromatic heterocycles. The van der Waals surface area contributed by atoms with Crippen molar-refractivity contribution in [1.29, 1.82) is 0 Å². The third kappa shape index (κ3) is 2.62. The van der Waals surface area contributed by atoms with Gasteiger partial charge in [-0.3, -0.25) is 0 Å². The van der Waals surface area contributed by atoms with Crippen LogP contribution < -0.4 is 4.72 Å². The zero-order chi connectivity index (χ0) is 16.7. The van der Waals surface area contributed by atoms with Crippen LogP contribution in [0.25, 0.3) is 21.9 Å². The first-order chi connectivity index (χ1) is 11.5. The van der Waals surface area contributed by atoms with E-state index in [1.165, 1.54) is 11.3 Å².